The van der Waals surface area contributed by atoms with Gasteiger partial charge in [0, 0.05) is 23.9 Å². The van der Waals surface area contributed by atoms with Crippen LogP contribution >= 0.6 is 0 Å². The number of amides is 2. The van der Waals surface area contributed by atoms with Gasteiger partial charge in [-0.15, -0.1) is 0 Å². The first-order valence-electron chi connectivity index (χ1n) is 13.5. The number of carbonyl (C=O) groups is 3. The predicted octanol–water partition coefficient (Wildman–Crippen LogP) is 5.02. The van der Waals surface area contributed by atoms with Crippen LogP contribution in [0.15, 0.2) is 42.6 Å². The molecule has 11 nitrogen and oxygen atoms in total. The van der Waals surface area contributed by atoms with Crippen LogP contribution in [0.3, 0.4) is 0 Å². The number of aryl methyl sites for hydroxylation is 1. The summed E-state index contributed by atoms with van der Waals surface area (Å²) in [7, 11) is 0. The summed E-state index contributed by atoms with van der Waals surface area (Å²) < 4.78 is 6.69. The number of benzene rings is 1. The standard InChI is InChI=1S/C29H36N6O5/c1-5-18-14-15-31-22(17-18)32-26(36)20-12-10-19(11-13-20)23-24(27(37)38)35(30)25(33-23)21-9-7-6-8-16-34(21)28(39)40-29(2,3)4/h10-15,17,21H,5-9,16,30H2,1-4H3,(H,37,38)(H,31,32,36)/t21-/m0/s1. The van der Waals surface area contributed by atoms with Crippen LogP contribution in [-0.4, -0.2) is 54.8 Å². The molecule has 2 aromatic heterocycles. The summed E-state index contributed by atoms with van der Waals surface area (Å²) in [5.74, 6) is 5.45. The van der Waals surface area contributed by atoms with Gasteiger partial charge in [-0.05, 0) is 69.9 Å². The molecule has 0 unspecified atom stereocenters. The van der Waals surface area contributed by atoms with E-state index in [0.717, 1.165) is 35.9 Å². The number of ether oxygens (including phenoxy) is 1. The maximum absolute atomic E-state index is 13.1. The summed E-state index contributed by atoms with van der Waals surface area (Å²) in [4.78, 5) is 48.6. The summed E-state index contributed by atoms with van der Waals surface area (Å²) in [5.41, 5.74) is 1.16. The third-order valence-corrected chi connectivity index (χ3v) is 6.71. The Morgan fingerprint density at radius 3 is 2.50 bits per heavy atom. The van der Waals surface area contributed by atoms with Crippen molar-refractivity contribution in [3.05, 3.63) is 65.2 Å². The molecule has 2 amide bonds. The quantitative estimate of drug-likeness (QED) is 0.363. The van der Waals surface area contributed by atoms with Crippen molar-refractivity contribution in [2.75, 3.05) is 17.7 Å². The third kappa shape index (κ3) is 6.41. The topological polar surface area (TPSA) is 153 Å². The average Bonchev–Trinajstić information content (AvgIpc) is 3.07. The second-order valence-corrected chi connectivity index (χ2v) is 10.8. The van der Waals surface area contributed by atoms with E-state index in [9.17, 15) is 19.5 Å². The van der Waals surface area contributed by atoms with Gasteiger partial charge in [-0.1, -0.05) is 31.9 Å². The highest BCUT2D eigenvalue weighted by Crippen LogP contribution is 2.34. The van der Waals surface area contributed by atoms with Crippen molar-refractivity contribution in [1.29, 1.82) is 0 Å². The van der Waals surface area contributed by atoms with E-state index in [0.29, 0.717) is 29.9 Å². The highest BCUT2D eigenvalue weighted by atomic mass is 16.6. The van der Waals surface area contributed by atoms with Crippen molar-refractivity contribution in [2.45, 2.75) is 71.4 Å². The van der Waals surface area contributed by atoms with Crippen molar-refractivity contribution in [1.82, 2.24) is 19.5 Å². The van der Waals surface area contributed by atoms with E-state index in [2.05, 4.69) is 15.3 Å². The Morgan fingerprint density at radius 1 is 1.12 bits per heavy atom. The molecule has 212 valence electrons. The number of carboxylic acid groups (broad SMARTS) is 1. The number of carboxylic acids is 1. The van der Waals surface area contributed by atoms with Crippen LogP contribution in [0, 0.1) is 0 Å². The number of pyridine rings is 1. The number of nitrogen functional groups attached to an aromatic ring is 1. The molecule has 4 rings (SSSR count). The lowest BCUT2D eigenvalue weighted by Gasteiger charge is -2.31. The fourth-order valence-electron chi connectivity index (χ4n) is 4.74. The van der Waals surface area contributed by atoms with Gasteiger partial charge in [0.05, 0.1) is 6.04 Å². The van der Waals surface area contributed by atoms with Crippen LogP contribution in [0.25, 0.3) is 11.3 Å². The molecule has 40 heavy (non-hydrogen) atoms. The molecule has 1 aromatic carbocycles. The number of aromatic nitrogens is 3. The summed E-state index contributed by atoms with van der Waals surface area (Å²) in [5, 5.41) is 12.8. The van der Waals surface area contributed by atoms with Crippen LogP contribution in [0.1, 0.15) is 91.7 Å². The Bertz CT molecular complexity index is 1390. The van der Waals surface area contributed by atoms with Crippen molar-refractivity contribution < 1.29 is 24.2 Å². The zero-order chi connectivity index (χ0) is 29.0. The van der Waals surface area contributed by atoms with Gasteiger partial charge in [0.2, 0.25) is 0 Å². The number of nitrogens with two attached hydrogens (primary N) is 1. The van der Waals surface area contributed by atoms with Crippen LogP contribution in [0.4, 0.5) is 10.6 Å². The van der Waals surface area contributed by atoms with E-state index >= 15 is 0 Å². The van der Waals surface area contributed by atoms with Gasteiger partial charge < -0.3 is 21.0 Å². The van der Waals surface area contributed by atoms with E-state index in [4.69, 9.17) is 10.6 Å². The largest absolute Gasteiger partial charge is 0.476 e. The lowest BCUT2D eigenvalue weighted by Crippen LogP contribution is -2.40. The first-order valence-corrected chi connectivity index (χ1v) is 13.5. The van der Waals surface area contributed by atoms with Gasteiger partial charge >= 0.3 is 12.1 Å². The molecule has 4 N–H and O–H groups in total. The minimum absolute atomic E-state index is 0.155. The lowest BCUT2D eigenvalue weighted by atomic mass is 10.1. The molecule has 3 aromatic rings. The van der Waals surface area contributed by atoms with Crippen molar-refractivity contribution >= 4 is 23.8 Å². The average molecular weight is 549 g/mol. The molecule has 0 saturated carbocycles. The number of likely N-dealkylation sites (tertiary alicyclic amines) is 1. The first-order chi connectivity index (χ1) is 19.0. The van der Waals surface area contributed by atoms with Gasteiger partial charge in [-0.25, -0.2) is 24.2 Å². The van der Waals surface area contributed by atoms with E-state index in [1.807, 2.05) is 19.1 Å². The zero-order valence-corrected chi connectivity index (χ0v) is 23.3. The number of rotatable bonds is 6. The molecule has 11 heteroatoms. The minimum atomic E-state index is -1.25. The SMILES string of the molecule is CCc1ccnc(NC(=O)c2ccc(-c3nc([C@@H]4CCCCCN4C(=O)OC(C)(C)C)n(N)c3C(=O)O)cc2)c1. The monoisotopic (exact) mass is 548 g/mol. The van der Waals surface area contributed by atoms with Crippen molar-refractivity contribution in [3.63, 3.8) is 0 Å². The van der Waals surface area contributed by atoms with Crippen molar-refractivity contribution in [3.8, 4) is 11.3 Å². The van der Waals surface area contributed by atoms with E-state index in [1.54, 1.807) is 56.1 Å². The maximum atomic E-state index is 13.1. The summed E-state index contributed by atoms with van der Waals surface area (Å²) >= 11 is 0. The predicted molar refractivity (Wildman–Crippen MR) is 150 cm³/mol. The van der Waals surface area contributed by atoms with Gasteiger partial charge in [-0.2, -0.15) is 0 Å². The molecular formula is C29H36N6O5. The second-order valence-electron chi connectivity index (χ2n) is 10.8. The molecule has 1 aliphatic rings. The van der Waals surface area contributed by atoms with Crippen LogP contribution in [-0.2, 0) is 11.2 Å². The zero-order valence-electron chi connectivity index (χ0n) is 23.3. The maximum Gasteiger partial charge on any atom is 0.410 e. The number of carbonyl (C=O) groups excluding carboxylic acids is 2. The Kier molecular flexibility index (Phi) is 8.41. The normalized spacial score (nSPS) is 15.8. The number of anilines is 1. The molecule has 0 bridgehead atoms. The Balaban J connectivity index is 1.64. The highest BCUT2D eigenvalue weighted by Gasteiger charge is 2.35. The van der Waals surface area contributed by atoms with E-state index in [1.165, 1.54) is 0 Å². The second kappa shape index (κ2) is 11.8. The molecular weight excluding hydrogens is 512 g/mol. The number of aromatic carboxylic acids is 1. The fraction of sp³-hybridized carbons (Fsp3) is 0.414. The number of imidazole rings is 1. The Labute approximate surface area is 233 Å². The number of hydrogen-bond donors (Lipinski definition) is 3. The molecule has 0 aliphatic carbocycles. The molecule has 1 saturated heterocycles. The fourth-order valence-corrected chi connectivity index (χ4v) is 4.74. The highest BCUT2D eigenvalue weighted by molar-refractivity contribution is 6.04. The number of nitrogens with one attached hydrogen (secondary N) is 1. The molecule has 3 heterocycles. The smallest absolute Gasteiger partial charge is 0.410 e. The Hall–Kier alpha value is -4.41. The summed E-state index contributed by atoms with van der Waals surface area (Å²) in [6.45, 7) is 7.86. The Morgan fingerprint density at radius 2 is 1.85 bits per heavy atom. The van der Waals surface area contributed by atoms with Crippen LogP contribution in [0.5, 0.6) is 0 Å². The molecule has 1 fully saturated rings. The third-order valence-electron chi connectivity index (χ3n) is 6.71. The molecule has 1 atom stereocenters. The molecule has 0 radical (unpaired) electrons. The van der Waals surface area contributed by atoms with Gasteiger partial charge in [0.1, 0.15) is 17.1 Å². The number of hydrogen-bond acceptors (Lipinski definition) is 7. The minimum Gasteiger partial charge on any atom is -0.476 e. The van der Waals surface area contributed by atoms with E-state index < -0.39 is 23.7 Å². The van der Waals surface area contributed by atoms with Crippen LogP contribution in [0.2, 0.25) is 0 Å². The molecule has 0 spiro atoms. The lowest BCUT2D eigenvalue weighted by molar-refractivity contribution is 0.0153. The summed E-state index contributed by atoms with van der Waals surface area (Å²) in [6, 6.07) is 9.59. The summed E-state index contributed by atoms with van der Waals surface area (Å²) in [6.07, 6.45) is 5.08. The van der Waals surface area contributed by atoms with Gasteiger partial charge in [0.15, 0.2) is 11.5 Å². The van der Waals surface area contributed by atoms with Crippen molar-refractivity contribution in [2.24, 2.45) is 0 Å². The number of nitrogens with zero attached hydrogens (tertiary/aromatic N) is 4. The van der Waals surface area contributed by atoms with E-state index in [-0.39, 0.29) is 23.1 Å². The van der Waals surface area contributed by atoms with Crippen LogP contribution < -0.4 is 11.2 Å². The van der Waals surface area contributed by atoms with Gasteiger partial charge in [-0.3, -0.25) is 9.69 Å². The molecule has 1 aliphatic heterocycles. The van der Waals surface area contributed by atoms with Gasteiger partial charge in [0.25, 0.3) is 5.91 Å². The first kappa shape index (κ1) is 28.6.